The molecule has 1 unspecified atom stereocenters. The molecule has 1 aromatic heterocycles. The first-order valence-electron chi connectivity index (χ1n) is 9.21. The van der Waals surface area contributed by atoms with E-state index in [0.29, 0.717) is 17.8 Å². The smallest absolute Gasteiger partial charge is 0.475 e. The molecule has 3 N–H and O–H groups in total. The number of carbonyl (C=O) groups excluding carboxylic acids is 1. The van der Waals surface area contributed by atoms with E-state index in [1.54, 1.807) is 6.07 Å². The van der Waals surface area contributed by atoms with Crippen molar-refractivity contribution < 1.29 is 32.4 Å². The zero-order valence-electron chi connectivity index (χ0n) is 15.6. The van der Waals surface area contributed by atoms with Crippen LogP contribution < -0.4 is 10.6 Å². The van der Waals surface area contributed by atoms with E-state index in [-0.39, 0.29) is 17.7 Å². The molecule has 3 atom stereocenters. The van der Waals surface area contributed by atoms with Crippen LogP contribution in [0, 0.1) is 0 Å². The lowest BCUT2D eigenvalue weighted by Gasteiger charge is -2.29. The molecule has 11 heteroatoms. The molecule has 162 valence electrons. The zero-order chi connectivity index (χ0) is 21.9. The summed E-state index contributed by atoms with van der Waals surface area (Å²) in [6.45, 7) is 0. The zero-order valence-corrected chi connectivity index (χ0v) is 17.2. The monoisotopic (exact) mass is 489 g/mol. The number of aliphatic carboxylic acids is 1. The van der Waals surface area contributed by atoms with Gasteiger partial charge in [0, 0.05) is 34.2 Å². The van der Waals surface area contributed by atoms with Crippen molar-refractivity contribution in [3.05, 3.63) is 40.6 Å². The van der Waals surface area contributed by atoms with E-state index < -0.39 is 12.1 Å². The van der Waals surface area contributed by atoms with Crippen LogP contribution in [-0.4, -0.2) is 46.4 Å². The number of halogens is 4. The summed E-state index contributed by atoms with van der Waals surface area (Å²) in [6, 6.07) is 10.8. The number of nitrogens with one attached hydrogen (secondary N) is 2. The average molecular weight is 490 g/mol. The summed E-state index contributed by atoms with van der Waals surface area (Å²) >= 11 is 3.43. The van der Waals surface area contributed by atoms with Crippen molar-refractivity contribution in [2.45, 2.75) is 50.0 Å². The lowest BCUT2D eigenvalue weighted by Crippen LogP contribution is -2.47. The first kappa shape index (κ1) is 22.3. The number of rotatable bonds is 3. The van der Waals surface area contributed by atoms with Crippen LogP contribution in [0.1, 0.15) is 36.2 Å². The second-order valence-electron chi connectivity index (χ2n) is 7.17. The van der Waals surface area contributed by atoms with E-state index in [1.807, 2.05) is 24.3 Å². The molecular weight excluding hydrogens is 471 g/mol. The fourth-order valence-corrected chi connectivity index (χ4v) is 4.00. The van der Waals surface area contributed by atoms with E-state index in [1.165, 1.54) is 12.8 Å². The first-order chi connectivity index (χ1) is 14.1. The van der Waals surface area contributed by atoms with Crippen molar-refractivity contribution >= 4 is 27.8 Å². The van der Waals surface area contributed by atoms with Crippen molar-refractivity contribution in [1.82, 2.24) is 15.8 Å². The van der Waals surface area contributed by atoms with Crippen molar-refractivity contribution in [3.63, 3.8) is 0 Å². The number of carboxylic acid groups (broad SMARTS) is 1. The number of alkyl halides is 3. The fourth-order valence-electron chi connectivity index (χ4n) is 3.60. The summed E-state index contributed by atoms with van der Waals surface area (Å²) in [5, 5.41) is 17.8. The quantitative estimate of drug-likeness (QED) is 0.606. The van der Waals surface area contributed by atoms with Crippen LogP contribution in [0.4, 0.5) is 13.2 Å². The summed E-state index contributed by atoms with van der Waals surface area (Å²) < 4.78 is 37.9. The van der Waals surface area contributed by atoms with Gasteiger partial charge < -0.3 is 20.3 Å². The number of fused-ring (bicyclic) bond motifs is 2. The Hall–Kier alpha value is -2.40. The van der Waals surface area contributed by atoms with Crippen LogP contribution in [0.3, 0.4) is 0 Å². The van der Waals surface area contributed by atoms with Gasteiger partial charge in [0.1, 0.15) is 5.69 Å². The van der Waals surface area contributed by atoms with Gasteiger partial charge in [-0.1, -0.05) is 33.2 Å². The molecule has 2 aliphatic heterocycles. The Morgan fingerprint density at radius 3 is 2.40 bits per heavy atom. The number of amides is 1. The van der Waals surface area contributed by atoms with Gasteiger partial charge in [-0.3, -0.25) is 4.79 Å². The van der Waals surface area contributed by atoms with Crippen LogP contribution >= 0.6 is 15.9 Å². The van der Waals surface area contributed by atoms with E-state index in [4.69, 9.17) is 14.4 Å². The van der Waals surface area contributed by atoms with E-state index >= 15 is 0 Å². The molecule has 2 saturated heterocycles. The van der Waals surface area contributed by atoms with Gasteiger partial charge in [-0.05, 0) is 37.8 Å². The highest BCUT2D eigenvalue weighted by Gasteiger charge is 2.38. The number of carboxylic acids is 1. The Labute approximate surface area is 178 Å². The molecule has 0 aliphatic carbocycles. The largest absolute Gasteiger partial charge is 0.490 e. The van der Waals surface area contributed by atoms with Gasteiger partial charge in [-0.25, -0.2) is 4.79 Å². The number of carbonyl (C=O) groups is 2. The average Bonchev–Trinajstić information content (AvgIpc) is 3.28. The molecule has 30 heavy (non-hydrogen) atoms. The standard InChI is InChI=1S/C17H18BrN3O2.C2HF3O2/c18-11-3-1-2-10(6-11)15-9-16(23-21-15)17(22)20-14-7-12-4-5-13(8-14)19-12;3-2(4,5)1(6)7/h1-3,6,9,12-14,19H,4-5,7-8H2,(H,20,22);(H,6,7)/t12-,13+,14?;. The molecule has 4 rings (SSSR count). The number of hydrogen-bond donors (Lipinski definition) is 3. The number of nitrogens with zero attached hydrogens (tertiary/aromatic N) is 1. The highest BCUT2D eigenvalue weighted by Crippen LogP contribution is 2.27. The summed E-state index contributed by atoms with van der Waals surface area (Å²) in [5.74, 6) is -2.66. The van der Waals surface area contributed by atoms with Gasteiger partial charge in [0.05, 0.1) is 0 Å². The van der Waals surface area contributed by atoms with Crippen LogP contribution in [0.5, 0.6) is 0 Å². The molecule has 2 aliphatic rings. The van der Waals surface area contributed by atoms with Crippen molar-refractivity contribution in [1.29, 1.82) is 0 Å². The minimum Gasteiger partial charge on any atom is -0.475 e. The predicted molar refractivity (Wildman–Crippen MR) is 104 cm³/mol. The highest BCUT2D eigenvalue weighted by atomic mass is 79.9. The third-order valence-corrected chi connectivity index (χ3v) is 5.40. The molecule has 2 aromatic rings. The normalized spacial score (nSPS) is 22.7. The maximum absolute atomic E-state index is 12.4. The number of piperidine rings is 1. The minimum atomic E-state index is -5.08. The van der Waals surface area contributed by atoms with Crippen molar-refractivity contribution in [2.75, 3.05) is 0 Å². The Bertz CT molecular complexity index is 906. The van der Waals surface area contributed by atoms with Crippen molar-refractivity contribution in [3.8, 4) is 11.3 Å². The summed E-state index contributed by atoms with van der Waals surface area (Å²) in [4.78, 5) is 21.3. The SMILES string of the molecule is O=C(NC1C[C@H]2CC[C@@H](C1)N2)c1cc(-c2cccc(Br)c2)no1.O=C(O)C(F)(F)F. The maximum atomic E-state index is 12.4. The van der Waals surface area contributed by atoms with Gasteiger partial charge in [0.2, 0.25) is 5.76 Å². The Morgan fingerprint density at radius 1 is 1.20 bits per heavy atom. The van der Waals surface area contributed by atoms with E-state index in [9.17, 15) is 18.0 Å². The summed E-state index contributed by atoms with van der Waals surface area (Å²) in [5.41, 5.74) is 1.59. The molecule has 2 fully saturated rings. The van der Waals surface area contributed by atoms with Crippen LogP contribution in [0.15, 0.2) is 39.3 Å². The molecule has 2 bridgehead atoms. The Balaban J connectivity index is 0.000000318. The fraction of sp³-hybridized carbons (Fsp3) is 0.421. The van der Waals surface area contributed by atoms with Crippen molar-refractivity contribution in [2.24, 2.45) is 0 Å². The Morgan fingerprint density at radius 2 is 1.83 bits per heavy atom. The summed E-state index contributed by atoms with van der Waals surface area (Å²) in [7, 11) is 0. The molecule has 1 amide bonds. The third-order valence-electron chi connectivity index (χ3n) is 4.91. The lowest BCUT2D eigenvalue weighted by molar-refractivity contribution is -0.192. The van der Waals surface area contributed by atoms with Gasteiger partial charge >= 0.3 is 12.1 Å². The number of hydrogen-bond acceptors (Lipinski definition) is 5. The molecule has 3 heterocycles. The lowest BCUT2D eigenvalue weighted by atomic mass is 10.00. The maximum Gasteiger partial charge on any atom is 0.490 e. The Kier molecular flexibility index (Phi) is 6.81. The van der Waals surface area contributed by atoms with E-state index in [2.05, 4.69) is 31.7 Å². The first-order valence-corrected chi connectivity index (χ1v) is 10.0. The second-order valence-corrected chi connectivity index (χ2v) is 8.08. The summed E-state index contributed by atoms with van der Waals surface area (Å²) in [6.07, 6.45) is -0.664. The minimum absolute atomic E-state index is 0.176. The second kappa shape index (κ2) is 9.17. The molecule has 1 aromatic carbocycles. The van der Waals surface area contributed by atoms with Crippen LogP contribution in [0.2, 0.25) is 0 Å². The predicted octanol–water partition coefficient (Wildman–Crippen LogP) is 3.75. The third kappa shape index (κ3) is 5.82. The topological polar surface area (TPSA) is 104 Å². The van der Waals surface area contributed by atoms with Gasteiger partial charge in [0.25, 0.3) is 5.91 Å². The van der Waals surface area contributed by atoms with Gasteiger partial charge in [-0.15, -0.1) is 0 Å². The molecule has 7 nitrogen and oxygen atoms in total. The molecule has 0 radical (unpaired) electrons. The van der Waals surface area contributed by atoms with E-state index in [0.717, 1.165) is 22.9 Å². The van der Waals surface area contributed by atoms with Crippen LogP contribution in [0.25, 0.3) is 11.3 Å². The molecular formula is C19H19BrF3N3O4. The van der Waals surface area contributed by atoms with Crippen LogP contribution in [-0.2, 0) is 4.79 Å². The molecule has 0 spiro atoms. The number of aromatic nitrogens is 1. The van der Waals surface area contributed by atoms with Gasteiger partial charge in [0.15, 0.2) is 0 Å². The molecule has 0 saturated carbocycles. The number of benzene rings is 1. The van der Waals surface area contributed by atoms with Gasteiger partial charge in [-0.2, -0.15) is 13.2 Å². The highest BCUT2D eigenvalue weighted by molar-refractivity contribution is 9.10.